The summed E-state index contributed by atoms with van der Waals surface area (Å²) >= 11 is 5.82. The zero-order chi connectivity index (χ0) is 14.1. The Morgan fingerprint density at radius 2 is 2.00 bits per heavy atom. The summed E-state index contributed by atoms with van der Waals surface area (Å²) in [7, 11) is 0. The number of piperidine rings is 1. The molecule has 4 nitrogen and oxygen atoms in total. The molecule has 6 heteroatoms. The van der Waals surface area contributed by atoms with Crippen LogP contribution in [0, 0.1) is 12.7 Å². The molecule has 0 aliphatic carbocycles. The molecule has 1 fully saturated rings. The molecule has 0 saturated carbocycles. The third kappa shape index (κ3) is 3.09. The summed E-state index contributed by atoms with van der Waals surface area (Å²) in [6.07, 6.45) is 1.99. The Hall–Kier alpha value is -1.46. The van der Waals surface area contributed by atoms with Crippen molar-refractivity contribution in [2.24, 2.45) is 0 Å². The van der Waals surface area contributed by atoms with Crippen LogP contribution < -0.4 is 5.32 Å². The summed E-state index contributed by atoms with van der Waals surface area (Å²) in [4.78, 5) is 0. The second kappa shape index (κ2) is 6.54. The third-order valence-electron chi connectivity index (χ3n) is 3.70. The lowest BCUT2D eigenvalue weighted by Gasteiger charge is -2.22. The number of nitrogens with zero attached hydrogens (tertiary/aromatic N) is 3. The predicted molar refractivity (Wildman–Crippen MR) is 82.6 cm³/mol. The minimum atomic E-state index is -0.351. The summed E-state index contributed by atoms with van der Waals surface area (Å²) in [6.45, 7) is 3.75. The molecule has 1 aliphatic rings. The van der Waals surface area contributed by atoms with E-state index < -0.39 is 0 Å². The van der Waals surface area contributed by atoms with Crippen LogP contribution >= 0.6 is 11.6 Å². The predicted octanol–water partition coefficient (Wildman–Crippen LogP) is 3.47. The highest BCUT2D eigenvalue weighted by molar-refractivity contribution is 6.30. The van der Waals surface area contributed by atoms with E-state index in [0.29, 0.717) is 22.5 Å². The summed E-state index contributed by atoms with van der Waals surface area (Å²) in [5, 5.41) is 12.1. The Labute approximate surface area is 129 Å². The average molecular weight is 311 g/mol. The largest absolute Gasteiger partial charge is 0.317 e. The third-order valence-corrected chi connectivity index (χ3v) is 3.94. The van der Waals surface area contributed by atoms with Crippen molar-refractivity contribution in [3.63, 3.8) is 0 Å². The first-order valence-electron chi connectivity index (χ1n) is 6.75. The first-order chi connectivity index (χ1) is 9.66. The van der Waals surface area contributed by atoms with Crippen LogP contribution in [0.3, 0.4) is 0 Å². The van der Waals surface area contributed by atoms with Gasteiger partial charge in [0.25, 0.3) is 0 Å². The van der Waals surface area contributed by atoms with E-state index in [-0.39, 0.29) is 13.2 Å². The number of nitrogens with one attached hydrogen (secondary N) is 1. The molecule has 0 bridgehead atoms. The molecular formula is C15H20ClFN4. The van der Waals surface area contributed by atoms with Crippen molar-refractivity contribution in [1.29, 1.82) is 0 Å². The Balaban J connectivity index is 0.00000161. The molecule has 2 aromatic rings. The topological polar surface area (TPSA) is 42.7 Å². The molecule has 2 heterocycles. The van der Waals surface area contributed by atoms with Gasteiger partial charge in [0.2, 0.25) is 0 Å². The number of hydrogen-bond acceptors (Lipinski definition) is 3. The minimum Gasteiger partial charge on any atom is -0.317 e. The van der Waals surface area contributed by atoms with Crippen molar-refractivity contribution >= 4 is 11.6 Å². The SMILES string of the molecule is C.Cc1nnc(C2CCNCC2)n1-c1ccc(Cl)cc1F. The lowest BCUT2D eigenvalue weighted by Crippen LogP contribution is -2.28. The maximum atomic E-state index is 14.2. The van der Waals surface area contributed by atoms with Crippen molar-refractivity contribution in [3.8, 4) is 5.69 Å². The highest BCUT2D eigenvalue weighted by atomic mass is 35.5. The zero-order valence-electron chi connectivity index (χ0n) is 11.2. The molecular weight excluding hydrogens is 291 g/mol. The van der Waals surface area contributed by atoms with E-state index in [1.165, 1.54) is 6.07 Å². The molecule has 0 radical (unpaired) electrons. The molecule has 21 heavy (non-hydrogen) atoms. The number of aryl methyl sites for hydroxylation is 1. The number of hydrogen-bond donors (Lipinski definition) is 1. The molecule has 1 aromatic carbocycles. The van der Waals surface area contributed by atoms with Gasteiger partial charge in [-0.2, -0.15) is 0 Å². The molecule has 1 aliphatic heterocycles. The van der Waals surface area contributed by atoms with E-state index >= 15 is 0 Å². The van der Waals surface area contributed by atoms with Crippen molar-refractivity contribution < 1.29 is 4.39 Å². The smallest absolute Gasteiger partial charge is 0.148 e. The number of benzene rings is 1. The van der Waals surface area contributed by atoms with Crippen molar-refractivity contribution in [3.05, 3.63) is 40.7 Å². The Morgan fingerprint density at radius 1 is 1.29 bits per heavy atom. The second-order valence-corrected chi connectivity index (χ2v) is 5.50. The van der Waals surface area contributed by atoms with Gasteiger partial charge in [-0.3, -0.25) is 4.57 Å². The highest BCUT2D eigenvalue weighted by Gasteiger charge is 2.23. The zero-order valence-corrected chi connectivity index (χ0v) is 12.0. The number of halogens is 2. The lowest BCUT2D eigenvalue weighted by molar-refractivity contribution is 0.439. The molecule has 3 rings (SSSR count). The first kappa shape index (κ1) is 15.9. The van der Waals surface area contributed by atoms with Gasteiger partial charge in [0.1, 0.15) is 17.5 Å². The second-order valence-electron chi connectivity index (χ2n) is 5.06. The van der Waals surface area contributed by atoms with Crippen LogP contribution in [0.1, 0.15) is 37.8 Å². The van der Waals surface area contributed by atoms with Gasteiger partial charge in [-0.1, -0.05) is 19.0 Å². The van der Waals surface area contributed by atoms with Crippen LogP contribution in [0.4, 0.5) is 4.39 Å². The average Bonchev–Trinajstić information content (AvgIpc) is 2.82. The van der Waals surface area contributed by atoms with Gasteiger partial charge in [0.05, 0.1) is 5.69 Å². The van der Waals surface area contributed by atoms with E-state index in [0.717, 1.165) is 31.8 Å². The summed E-state index contributed by atoms with van der Waals surface area (Å²) in [6, 6.07) is 4.69. The van der Waals surface area contributed by atoms with E-state index in [1.54, 1.807) is 12.1 Å². The minimum absolute atomic E-state index is 0. The van der Waals surface area contributed by atoms with Gasteiger partial charge < -0.3 is 5.32 Å². The van der Waals surface area contributed by atoms with Crippen LogP contribution in [0.25, 0.3) is 5.69 Å². The first-order valence-corrected chi connectivity index (χ1v) is 7.12. The van der Waals surface area contributed by atoms with Crippen LogP contribution in [-0.4, -0.2) is 27.9 Å². The monoisotopic (exact) mass is 310 g/mol. The molecule has 1 N–H and O–H groups in total. The lowest BCUT2D eigenvalue weighted by atomic mass is 9.97. The summed E-state index contributed by atoms with van der Waals surface area (Å²) in [5.74, 6) is 1.49. The van der Waals surface area contributed by atoms with Crippen LogP contribution in [0.15, 0.2) is 18.2 Å². The molecule has 114 valence electrons. The van der Waals surface area contributed by atoms with Crippen LogP contribution in [-0.2, 0) is 0 Å². The normalized spacial score (nSPS) is 15.8. The maximum absolute atomic E-state index is 14.2. The van der Waals surface area contributed by atoms with Crippen LogP contribution in [0.5, 0.6) is 0 Å². The van der Waals surface area contributed by atoms with Gasteiger partial charge in [0.15, 0.2) is 0 Å². The molecule has 1 aromatic heterocycles. The number of rotatable bonds is 2. The van der Waals surface area contributed by atoms with Gasteiger partial charge in [-0.25, -0.2) is 4.39 Å². The number of aromatic nitrogens is 3. The Morgan fingerprint density at radius 3 is 2.67 bits per heavy atom. The Kier molecular flexibility index (Phi) is 4.96. The summed E-state index contributed by atoms with van der Waals surface area (Å²) in [5.41, 5.74) is 0.463. The van der Waals surface area contributed by atoms with Gasteiger partial charge in [-0.05, 0) is 51.1 Å². The molecule has 0 amide bonds. The van der Waals surface area contributed by atoms with Gasteiger partial charge in [0, 0.05) is 10.9 Å². The summed E-state index contributed by atoms with van der Waals surface area (Å²) < 4.78 is 16.0. The van der Waals surface area contributed by atoms with E-state index in [4.69, 9.17) is 11.6 Å². The molecule has 0 unspecified atom stereocenters. The fraction of sp³-hybridized carbons (Fsp3) is 0.467. The Bertz CT molecular complexity index is 620. The van der Waals surface area contributed by atoms with E-state index in [1.807, 2.05) is 11.5 Å². The van der Waals surface area contributed by atoms with Crippen molar-refractivity contribution in [2.75, 3.05) is 13.1 Å². The fourth-order valence-electron chi connectivity index (χ4n) is 2.68. The van der Waals surface area contributed by atoms with Crippen molar-refractivity contribution in [2.45, 2.75) is 33.1 Å². The van der Waals surface area contributed by atoms with Gasteiger partial charge in [-0.15, -0.1) is 10.2 Å². The highest BCUT2D eigenvalue weighted by Crippen LogP contribution is 2.28. The quantitative estimate of drug-likeness (QED) is 0.923. The molecule has 0 spiro atoms. The van der Waals surface area contributed by atoms with E-state index in [2.05, 4.69) is 15.5 Å². The van der Waals surface area contributed by atoms with Gasteiger partial charge >= 0.3 is 0 Å². The van der Waals surface area contributed by atoms with Crippen LogP contribution in [0.2, 0.25) is 5.02 Å². The standard InChI is InChI=1S/C14H16ClFN4.CH4/c1-9-18-19-14(10-4-6-17-7-5-10)20(9)13-3-2-11(15)8-12(13)16;/h2-3,8,10,17H,4-7H2,1H3;1H4. The van der Waals surface area contributed by atoms with Crippen molar-refractivity contribution in [1.82, 2.24) is 20.1 Å². The fourth-order valence-corrected chi connectivity index (χ4v) is 2.84. The van der Waals surface area contributed by atoms with E-state index in [9.17, 15) is 4.39 Å². The maximum Gasteiger partial charge on any atom is 0.148 e. The molecule has 0 atom stereocenters. The molecule has 1 saturated heterocycles.